The van der Waals surface area contributed by atoms with E-state index in [1.54, 1.807) is 31.4 Å². The highest BCUT2D eigenvalue weighted by molar-refractivity contribution is 6.22. The Morgan fingerprint density at radius 2 is 1.55 bits per heavy atom. The summed E-state index contributed by atoms with van der Waals surface area (Å²) in [6.07, 6.45) is 0. The molecule has 0 saturated carbocycles. The van der Waals surface area contributed by atoms with Crippen molar-refractivity contribution in [2.45, 2.75) is 19.6 Å². The van der Waals surface area contributed by atoms with E-state index >= 15 is 0 Å². The fourth-order valence-electron chi connectivity index (χ4n) is 3.43. The van der Waals surface area contributed by atoms with Gasteiger partial charge in [-0.2, -0.15) is 0 Å². The fraction of sp³-hybridized carbons (Fsp3) is 0.174. The van der Waals surface area contributed by atoms with Gasteiger partial charge in [-0.1, -0.05) is 30.3 Å². The van der Waals surface area contributed by atoms with Gasteiger partial charge in [0.15, 0.2) is 0 Å². The molecule has 6 heteroatoms. The number of nitrogens with zero attached hydrogens (tertiary/aromatic N) is 1. The second-order valence-corrected chi connectivity index (χ2v) is 6.86. The van der Waals surface area contributed by atoms with E-state index in [1.165, 1.54) is 6.92 Å². The second-order valence-electron chi connectivity index (χ2n) is 6.86. The maximum Gasteiger partial charge on any atom is 0.329 e. The number of esters is 1. The molecule has 0 saturated heterocycles. The number of ether oxygens (including phenoxy) is 2. The zero-order valence-corrected chi connectivity index (χ0v) is 16.0. The third-order valence-corrected chi connectivity index (χ3v) is 5.05. The first kappa shape index (κ1) is 18.7. The van der Waals surface area contributed by atoms with Gasteiger partial charge in [0, 0.05) is 0 Å². The van der Waals surface area contributed by atoms with Gasteiger partial charge in [0.1, 0.15) is 18.4 Å². The Bertz CT molecular complexity index is 1100. The van der Waals surface area contributed by atoms with Crippen molar-refractivity contribution in [1.82, 2.24) is 4.90 Å². The Balaban J connectivity index is 1.45. The second kappa shape index (κ2) is 7.39. The molecule has 1 atom stereocenters. The quantitative estimate of drug-likeness (QED) is 0.493. The number of imide groups is 1. The lowest BCUT2D eigenvalue weighted by atomic mass is 10.1. The minimum absolute atomic E-state index is 0.0499. The van der Waals surface area contributed by atoms with E-state index in [-0.39, 0.29) is 6.61 Å². The number of carbonyl (C=O) groups is 3. The summed E-state index contributed by atoms with van der Waals surface area (Å²) in [5.41, 5.74) is 1.43. The van der Waals surface area contributed by atoms with Crippen LogP contribution in [0, 0.1) is 0 Å². The molecule has 2 amide bonds. The average molecular weight is 389 g/mol. The summed E-state index contributed by atoms with van der Waals surface area (Å²) in [5.74, 6) is -0.815. The first-order valence-electron chi connectivity index (χ1n) is 9.20. The monoisotopic (exact) mass is 389 g/mol. The molecule has 3 aromatic rings. The Morgan fingerprint density at radius 3 is 2.21 bits per heavy atom. The van der Waals surface area contributed by atoms with Crippen molar-refractivity contribution in [1.29, 1.82) is 0 Å². The number of benzene rings is 3. The maximum absolute atomic E-state index is 12.5. The Labute approximate surface area is 167 Å². The SMILES string of the molecule is COc1ccc2cc(COC(=O)C(C)N3C(=O)c4ccccc4C3=O)ccc2c1. The highest BCUT2D eigenvalue weighted by atomic mass is 16.5. The minimum Gasteiger partial charge on any atom is -0.497 e. The van der Waals surface area contributed by atoms with Gasteiger partial charge < -0.3 is 9.47 Å². The van der Waals surface area contributed by atoms with Crippen LogP contribution in [0.2, 0.25) is 0 Å². The molecule has 146 valence electrons. The van der Waals surface area contributed by atoms with E-state index in [2.05, 4.69) is 0 Å². The largest absolute Gasteiger partial charge is 0.497 e. The zero-order valence-electron chi connectivity index (χ0n) is 16.0. The molecule has 1 heterocycles. The third kappa shape index (κ3) is 3.33. The van der Waals surface area contributed by atoms with Crippen molar-refractivity contribution < 1.29 is 23.9 Å². The van der Waals surface area contributed by atoms with Crippen molar-refractivity contribution in [3.8, 4) is 5.75 Å². The van der Waals surface area contributed by atoms with E-state index in [0.29, 0.717) is 11.1 Å². The molecule has 1 unspecified atom stereocenters. The molecule has 29 heavy (non-hydrogen) atoms. The van der Waals surface area contributed by atoms with Gasteiger partial charge in [-0.05, 0) is 53.6 Å². The van der Waals surface area contributed by atoms with Gasteiger partial charge in [0.05, 0.1) is 18.2 Å². The van der Waals surface area contributed by atoms with Gasteiger partial charge in [-0.25, -0.2) is 4.79 Å². The number of amides is 2. The standard InChI is InChI=1S/C23H19NO5/c1-14(24-21(25)19-5-3-4-6-20(19)22(24)26)23(27)29-13-15-7-8-17-12-18(28-2)10-9-16(17)11-15/h3-12,14H,13H2,1-2H3. The number of methoxy groups -OCH3 is 1. The zero-order chi connectivity index (χ0) is 20.5. The summed E-state index contributed by atoms with van der Waals surface area (Å²) in [5, 5.41) is 2.01. The van der Waals surface area contributed by atoms with Gasteiger partial charge >= 0.3 is 5.97 Å². The molecule has 0 bridgehead atoms. The first-order chi connectivity index (χ1) is 14.0. The Kier molecular flexibility index (Phi) is 4.76. The number of rotatable bonds is 5. The number of carbonyl (C=O) groups excluding carboxylic acids is 3. The molecule has 0 aliphatic carbocycles. The molecule has 6 nitrogen and oxygen atoms in total. The Hall–Kier alpha value is -3.67. The fourth-order valence-corrected chi connectivity index (χ4v) is 3.43. The topological polar surface area (TPSA) is 72.9 Å². The third-order valence-electron chi connectivity index (χ3n) is 5.05. The van der Waals surface area contributed by atoms with E-state index < -0.39 is 23.8 Å². The van der Waals surface area contributed by atoms with E-state index in [0.717, 1.165) is 27.0 Å². The molecular formula is C23H19NO5. The molecule has 3 aromatic carbocycles. The molecule has 0 N–H and O–H groups in total. The van der Waals surface area contributed by atoms with E-state index in [9.17, 15) is 14.4 Å². The molecule has 0 fully saturated rings. The van der Waals surface area contributed by atoms with Crippen LogP contribution in [-0.4, -0.2) is 35.8 Å². The lowest BCUT2D eigenvalue weighted by Crippen LogP contribution is -2.43. The Morgan fingerprint density at radius 1 is 0.931 bits per heavy atom. The van der Waals surface area contributed by atoms with Crippen LogP contribution >= 0.6 is 0 Å². The van der Waals surface area contributed by atoms with Crippen molar-refractivity contribution in [2.75, 3.05) is 7.11 Å². The minimum atomic E-state index is -1.01. The van der Waals surface area contributed by atoms with Gasteiger partial charge in [-0.15, -0.1) is 0 Å². The lowest BCUT2D eigenvalue weighted by Gasteiger charge is -2.21. The van der Waals surface area contributed by atoms with Gasteiger partial charge in [0.2, 0.25) is 0 Å². The molecule has 4 rings (SSSR count). The molecule has 0 spiro atoms. The molecule has 1 aliphatic heterocycles. The van der Waals surface area contributed by atoms with Crippen LogP contribution in [0.3, 0.4) is 0 Å². The molecule has 0 aromatic heterocycles. The predicted molar refractivity (Wildman–Crippen MR) is 107 cm³/mol. The highest BCUT2D eigenvalue weighted by Crippen LogP contribution is 2.25. The van der Waals surface area contributed by atoms with Gasteiger partial charge in [-0.3, -0.25) is 14.5 Å². The van der Waals surface area contributed by atoms with Crippen LogP contribution in [0.4, 0.5) is 0 Å². The summed E-state index contributed by atoms with van der Waals surface area (Å²) >= 11 is 0. The summed E-state index contributed by atoms with van der Waals surface area (Å²) < 4.78 is 10.6. The van der Waals surface area contributed by atoms with Crippen molar-refractivity contribution in [2.24, 2.45) is 0 Å². The van der Waals surface area contributed by atoms with E-state index in [4.69, 9.17) is 9.47 Å². The first-order valence-corrected chi connectivity index (χ1v) is 9.20. The van der Waals surface area contributed by atoms with Crippen molar-refractivity contribution >= 4 is 28.6 Å². The van der Waals surface area contributed by atoms with E-state index in [1.807, 2.05) is 36.4 Å². The van der Waals surface area contributed by atoms with Crippen LogP contribution in [-0.2, 0) is 16.1 Å². The predicted octanol–water partition coefficient (Wildman–Crippen LogP) is 3.58. The average Bonchev–Trinajstić information content (AvgIpc) is 3.01. The summed E-state index contributed by atoms with van der Waals surface area (Å²) in [4.78, 5) is 38.5. The van der Waals surface area contributed by atoms with Gasteiger partial charge in [0.25, 0.3) is 11.8 Å². The van der Waals surface area contributed by atoms with Crippen LogP contribution < -0.4 is 4.74 Å². The van der Waals surface area contributed by atoms with Crippen LogP contribution in [0.1, 0.15) is 33.2 Å². The van der Waals surface area contributed by atoms with Crippen molar-refractivity contribution in [3.05, 3.63) is 77.4 Å². The normalized spacial score (nSPS) is 14.1. The number of hydrogen-bond donors (Lipinski definition) is 0. The van der Waals surface area contributed by atoms with Crippen molar-refractivity contribution in [3.63, 3.8) is 0 Å². The molecule has 1 aliphatic rings. The molecule has 0 radical (unpaired) electrons. The summed E-state index contributed by atoms with van der Waals surface area (Å²) in [7, 11) is 1.62. The molecular weight excluding hydrogens is 370 g/mol. The summed E-state index contributed by atoms with van der Waals surface area (Å²) in [6.45, 7) is 1.55. The number of fused-ring (bicyclic) bond motifs is 2. The van der Waals surface area contributed by atoms with Crippen LogP contribution in [0.5, 0.6) is 5.75 Å². The highest BCUT2D eigenvalue weighted by Gasteiger charge is 2.41. The van der Waals surface area contributed by atoms with Crippen LogP contribution in [0.25, 0.3) is 10.8 Å². The smallest absolute Gasteiger partial charge is 0.329 e. The van der Waals surface area contributed by atoms with Crippen LogP contribution in [0.15, 0.2) is 60.7 Å². The number of hydrogen-bond acceptors (Lipinski definition) is 5. The maximum atomic E-state index is 12.5. The summed E-state index contributed by atoms with van der Waals surface area (Å²) in [6, 6.07) is 17.0. The lowest BCUT2D eigenvalue weighted by molar-refractivity contribution is -0.149.